The fraction of sp³-hybridized carbons (Fsp3) is 1.00. The van der Waals surface area contributed by atoms with Crippen molar-refractivity contribution in [3.05, 3.63) is 0 Å². The van der Waals surface area contributed by atoms with E-state index in [0.717, 1.165) is 0 Å². The van der Waals surface area contributed by atoms with E-state index in [0.29, 0.717) is 23.7 Å². The van der Waals surface area contributed by atoms with Crippen molar-refractivity contribution in [3.8, 4) is 0 Å². The second kappa shape index (κ2) is 4.24. The van der Waals surface area contributed by atoms with Crippen LogP contribution in [0.3, 0.4) is 0 Å². The summed E-state index contributed by atoms with van der Waals surface area (Å²) in [4.78, 5) is 0. The standard InChI is InChI=1S/C10H20O2/c1-7-3-4-9(8(2)5-11)10(7)6-12/h7-12H,3-6H2,1-2H3/t7-,8?,9+,10-/m0/s1. The van der Waals surface area contributed by atoms with E-state index in [-0.39, 0.29) is 13.2 Å². The van der Waals surface area contributed by atoms with Gasteiger partial charge in [0.25, 0.3) is 0 Å². The monoisotopic (exact) mass is 172 g/mol. The lowest BCUT2D eigenvalue weighted by Gasteiger charge is -2.24. The number of aliphatic hydroxyl groups is 2. The van der Waals surface area contributed by atoms with Crippen molar-refractivity contribution in [2.45, 2.75) is 26.7 Å². The Morgan fingerprint density at radius 1 is 1.33 bits per heavy atom. The highest BCUT2D eigenvalue weighted by molar-refractivity contribution is 4.84. The van der Waals surface area contributed by atoms with E-state index in [1.165, 1.54) is 12.8 Å². The highest BCUT2D eigenvalue weighted by Gasteiger charge is 2.35. The molecule has 12 heavy (non-hydrogen) atoms. The average Bonchev–Trinajstić information content (AvgIpc) is 2.45. The molecule has 4 atom stereocenters. The first kappa shape index (κ1) is 10.0. The fourth-order valence-corrected chi connectivity index (χ4v) is 2.46. The van der Waals surface area contributed by atoms with Gasteiger partial charge in [-0.15, -0.1) is 0 Å². The molecule has 0 aromatic rings. The van der Waals surface area contributed by atoms with Gasteiger partial charge in [0.2, 0.25) is 0 Å². The number of hydrogen-bond acceptors (Lipinski definition) is 2. The molecular formula is C10H20O2. The van der Waals surface area contributed by atoms with Gasteiger partial charge in [-0.25, -0.2) is 0 Å². The first-order chi connectivity index (χ1) is 5.70. The van der Waals surface area contributed by atoms with E-state index < -0.39 is 0 Å². The summed E-state index contributed by atoms with van der Waals surface area (Å²) >= 11 is 0. The predicted molar refractivity (Wildman–Crippen MR) is 48.7 cm³/mol. The Hall–Kier alpha value is -0.0800. The molecule has 0 saturated heterocycles. The summed E-state index contributed by atoms with van der Waals surface area (Å²) in [6.45, 7) is 4.82. The minimum Gasteiger partial charge on any atom is -0.396 e. The molecule has 1 fully saturated rings. The minimum atomic E-state index is 0.258. The average molecular weight is 172 g/mol. The topological polar surface area (TPSA) is 40.5 Å². The van der Waals surface area contributed by atoms with Crippen LogP contribution in [-0.2, 0) is 0 Å². The third-order valence-corrected chi connectivity index (χ3v) is 3.47. The van der Waals surface area contributed by atoms with Gasteiger partial charge in [0.05, 0.1) is 0 Å². The van der Waals surface area contributed by atoms with Crippen LogP contribution < -0.4 is 0 Å². The molecule has 0 aromatic carbocycles. The van der Waals surface area contributed by atoms with Crippen molar-refractivity contribution in [3.63, 3.8) is 0 Å². The molecule has 1 unspecified atom stereocenters. The molecule has 1 aliphatic carbocycles. The molecule has 0 spiro atoms. The van der Waals surface area contributed by atoms with Crippen molar-refractivity contribution in [1.82, 2.24) is 0 Å². The maximum Gasteiger partial charge on any atom is 0.0464 e. The summed E-state index contributed by atoms with van der Waals surface area (Å²) in [6, 6.07) is 0. The van der Waals surface area contributed by atoms with Crippen LogP contribution in [0.25, 0.3) is 0 Å². The molecule has 72 valence electrons. The molecule has 1 aliphatic rings. The number of aliphatic hydroxyl groups excluding tert-OH is 2. The van der Waals surface area contributed by atoms with Crippen LogP contribution in [0.4, 0.5) is 0 Å². The zero-order valence-electron chi connectivity index (χ0n) is 8.03. The Morgan fingerprint density at radius 2 is 2.00 bits per heavy atom. The molecule has 2 N–H and O–H groups in total. The van der Waals surface area contributed by atoms with Crippen molar-refractivity contribution in [1.29, 1.82) is 0 Å². The largest absolute Gasteiger partial charge is 0.396 e. The molecule has 2 heteroatoms. The van der Waals surface area contributed by atoms with Crippen LogP contribution in [0, 0.1) is 23.7 Å². The predicted octanol–water partition coefficient (Wildman–Crippen LogP) is 1.27. The van der Waals surface area contributed by atoms with Crippen LogP contribution in [0.2, 0.25) is 0 Å². The van der Waals surface area contributed by atoms with Crippen LogP contribution in [0.5, 0.6) is 0 Å². The quantitative estimate of drug-likeness (QED) is 0.673. The van der Waals surface area contributed by atoms with Gasteiger partial charge in [-0.05, 0) is 30.1 Å². The van der Waals surface area contributed by atoms with Gasteiger partial charge in [-0.3, -0.25) is 0 Å². The molecule has 0 radical (unpaired) electrons. The van der Waals surface area contributed by atoms with E-state index in [1.807, 2.05) is 0 Å². The van der Waals surface area contributed by atoms with E-state index in [9.17, 15) is 0 Å². The van der Waals surface area contributed by atoms with E-state index in [1.54, 1.807) is 0 Å². The second-order valence-corrected chi connectivity index (χ2v) is 4.22. The third kappa shape index (κ3) is 1.80. The summed E-state index contributed by atoms with van der Waals surface area (Å²) in [7, 11) is 0. The van der Waals surface area contributed by atoms with Crippen molar-refractivity contribution in [2.24, 2.45) is 23.7 Å². The van der Waals surface area contributed by atoms with Crippen molar-refractivity contribution in [2.75, 3.05) is 13.2 Å². The zero-order valence-corrected chi connectivity index (χ0v) is 8.03. The first-order valence-corrected chi connectivity index (χ1v) is 4.92. The summed E-state index contributed by atoms with van der Waals surface area (Å²) in [5.41, 5.74) is 0. The molecule has 1 saturated carbocycles. The Morgan fingerprint density at radius 3 is 2.50 bits per heavy atom. The highest BCUT2D eigenvalue weighted by Crippen LogP contribution is 2.40. The van der Waals surface area contributed by atoms with Gasteiger partial charge in [0, 0.05) is 13.2 Å². The lowest BCUT2D eigenvalue weighted by atomic mass is 9.83. The van der Waals surface area contributed by atoms with E-state index >= 15 is 0 Å². The molecule has 0 heterocycles. The normalized spacial score (nSPS) is 38.5. The van der Waals surface area contributed by atoms with Crippen molar-refractivity contribution >= 4 is 0 Å². The van der Waals surface area contributed by atoms with E-state index in [4.69, 9.17) is 10.2 Å². The molecule has 1 rings (SSSR count). The zero-order chi connectivity index (χ0) is 9.14. The smallest absolute Gasteiger partial charge is 0.0464 e. The number of rotatable bonds is 3. The summed E-state index contributed by atoms with van der Waals surface area (Å²) < 4.78 is 0. The molecule has 2 nitrogen and oxygen atoms in total. The van der Waals surface area contributed by atoms with Gasteiger partial charge in [0.15, 0.2) is 0 Å². The molecule has 0 amide bonds. The van der Waals surface area contributed by atoms with Gasteiger partial charge in [0.1, 0.15) is 0 Å². The maximum absolute atomic E-state index is 9.17. The highest BCUT2D eigenvalue weighted by atomic mass is 16.3. The number of hydrogen-bond donors (Lipinski definition) is 2. The van der Waals surface area contributed by atoms with Crippen LogP contribution >= 0.6 is 0 Å². The van der Waals surface area contributed by atoms with Crippen LogP contribution in [-0.4, -0.2) is 23.4 Å². The molecule has 0 aliphatic heterocycles. The Balaban J connectivity index is 2.53. The minimum absolute atomic E-state index is 0.258. The van der Waals surface area contributed by atoms with Gasteiger partial charge >= 0.3 is 0 Å². The summed E-state index contributed by atoms with van der Waals surface area (Å²) in [5, 5.41) is 18.2. The Kier molecular flexibility index (Phi) is 3.53. The fourth-order valence-electron chi connectivity index (χ4n) is 2.46. The Bertz CT molecular complexity index is 136. The molecular weight excluding hydrogens is 152 g/mol. The first-order valence-electron chi connectivity index (χ1n) is 4.92. The SMILES string of the molecule is CC(CO)[C@H]1CC[C@H](C)[C@@H]1CO. The van der Waals surface area contributed by atoms with Crippen LogP contribution in [0.1, 0.15) is 26.7 Å². The van der Waals surface area contributed by atoms with Gasteiger partial charge < -0.3 is 10.2 Å². The summed E-state index contributed by atoms with van der Waals surface area (Å²) in [5.74, 6) is 1.95. The lowest BCUT2D eigenvalue weighted by molar-refractivity contribution is 0.108. The third-order valence-electron chi connectivity index (χ3n) is 3.47. The lowest BCUT2D eigenvalue weighted by Crippen LogP contribution is -2.24. The van der Waals surface area contributed by atoms with Crippen LogP contribution in [0.15, 0.2) is 0 Å². The van der Waals surface area contributed by atoms with Gasteiger partial charge in [-0.1, -0.05) is 20.3 Å². The maximum atomic E-state index is 9.17. The van der Waals surface area contributed by atoms with Crippen molar-refractivity contribution < 1.29 is 10.2 Å². The second-order valence-electron chi connectivity index (χ2n) is 4.22. The van der Waals surface area contributed by atoms with Gasteiger partial charge in [-0.2, -0.15) is 0 Å². The molecule has 0 bridgehead atoms. The van der Waals surface area contributed by atoms with E-state index in [2.05, 4.69) is 13.8 Å². The molecule has 0 aromatic heterocycles. The Labute approximate surface area is 74.6 Å². The summed E-state index contributed by atoms with van der Waals surface area (Å²) in [6.07, 6.45) is 2.38.